The van der Waals surface area contributed by atoms with Gasteiger partial charge in [0.15, 0.2) is 0 Å². The first-order valence-electron chi connectivity index (χ1n) is 8.17. The highest BCUT2D eigenvalue weighted by Crippen LogP contribution is 2.38. The van der Waals surface area contributed by atoms with Crippen LogP contribution in [0.5, 0.6) is 0 Å². The van der Waals surface area contributed by atoms with E-state index >= 15 is 0 Å². The van der Waals surface area contributed by atoms with Crippen LogP contribution in [0.15, 0.2) is 36.5 Å². The molecule has 2 aliphatic rings. The van der Waals surface area contributed by atoms with Gasteiger partial charge in [-0.2, -0.15) is 5.26 Å². The Morgan fingerprint density at radius 3 is 2.87 bits per heavy atom. The molecule has 1 saturated carbocycles. The quantitative estimate of drug-likeness (QED) is 0.941. The van der Waals surface area contributed by atoms with Gasteiger partial charge in [0.05, 0.1) is 11.3 Å². The third-order valence-electron chi connectivity index (χ3n) is 4.52. The van der Waals surface area contributed by atoms with Crippen LogP contribution in [0.25, 0.3) is 0 Å². The highest BCUT2D eigenvalue weighted by atomic mass is 15.2. The number of nitrogens with one attached hydrogen (secondary N) is 1. The molecule has 1 aliphatic carbocycles. The SMILES string of the molecule is N#Cc1ccccc1N1CCC(Nc2ccnc(C3CC3)n2)C1. The van der Waals surface area contributed by atoms with Gasteiger partial charge in [-0.3, -0.25) is 0 Å². The van der Waals surface area contributed by atoms with Gasteiger partial charge in [0.1, 0.15) is 17.7 Å². The second-order valence-electron chi connectivity index (χ2n) is 6.28. The van der Waals surface area contributed by atoms with Crippen molar-refractivity contribution in [1.82, 2.24) is 9.97 Å². The number of nitrogens with zero attached hydrogens (tertiary/aromatic N) is 4. The fourth-order valence-corrected chi connectivity index (χ4v) is 3.14. The van der Waals surface area contributed by atoms with Gasteiger partial charge in [0.2, 0.25) is 0 Å². The van der Waals surface area contributed by atoms with Crippen LogP contribution in [0.1, 0.15) is 36.6 Å². The Balaban J connectivity index is 1.44. The number of hydrogen-bond acceptors (Lipinski definition) is 5. The van der Waals surface area contributed by atoms with E-state index in [-0.39, 0.29) is 0 Å². The van der Waals surface area contributed by atoms with Gasteiger partial charge in [-0.25, -0.2) is 9.97 Å². The summed E-state index contributed by atoms with van der Waals surface area (Å²) in [6.45, 7) is 1.85. The topological polar surface area (TPSA) is 64.8 Å². The molecule has 1 aromatic heterocycles. The first kappa shape index (κ1) is 14.0. The molecule has 116 valence electrons. The van der Waals surface area contributed by atoms with E-state index in [2.05, 4.69) is 26.3 Å². The summed E-state index contributed by atoms with van der Waals surface area (Å²) in [7, 11) is 0. The molecule has 0 spiro atoms. The van der Waals surface area contributed by atoms with E-state index < -0.39 is 0 Å². The van der Waals surface area contributed by atoms with Gasteiger partial charge >= 0.3 is 0 Å². The number of nitriles is 1. The molecule has 0 amide bonds. The maximum Gasteiger partial charge on any atom is 0.133 e. The van der Waals surface area contributed by atoms with Crippen LogP contribution >= 0.6 is 0 Å². The Morgan fingerprint density at radius 1 is 1.17 bits per heavy atom. The Kier molecular flexibility index (Phi) is 3.58. The lowest BCUT2D eigenvalue weighted by Crippen LogP contribution is -2.26. The second kappa shape index (κ2) is 5.88. The van der Waals surface area contributed by atoms with Crippen molar-refractivity contribution in [3.8, 4) is 6.07 Å². The fraction of sp³-hybridized carbons (Fsp3) is 0.389. The lowest BCUT2D eigenvalue weighted by molar-refractivity contribution is 0.793. The molecule has 5 nitrogen and oxygen atoms in total. The van der Waals surface area contributed by atoms with Crippen molar-refractivity contribution < 1.29 is 0 Å². The Labute approximate surface area is 136 Å². The molecular weight excluding hydrogens is 286 g/mol. The van der Waals surface area contributed by atoms with E-state index in [1.807, 2.05) is 36.5 Å². The van der Waals surface area contributed by atoms with Gasteiger partial charge < -0.3 is 10.2 Å². The van der Waals surface area contributed by atoms with Crippen molar-refractivity contribution in [2.45, 2.75) is 31.2 Å². The highest BCUT2D eigenvalue weighted by Gasteiger charge is 2.28. The molecule has 23 heavy (non-hydrogen) atoms. The molecule has 1 aromatic carbocycles. The van der Waals surface area contributed by atoms with Crippen LogP contribution in [-0.2, 0) is 0 Å². The van der Waals surface area contributed by atoms with Gasteiger partial charge in [-0.1, -0.05) is 12.1 Å². The largest absolute Gasteiger partial charge is 0.368 e. The predicted octanol–water partition coefficient (Wildman–Crippen LogP) is 2.92. The summed E-state index contributed by atoms with van der Waals surface area (Å²) in [6.07, 6.45) is 5.32. The van der Waals surface area contributed by atoms with Crippen LogP contribution in [0.4, 0.5) is 11.5 Å². The molecule has 1 atom stereocenters. The van der Waals surface area contributed by atoms with E-state index in [0.29, 0.717) is 12.0 Å². The van der Waals surface area contributed by atoms with Crippen molar-refractivity contribution >= 4 is 11.5 Å². The minimum absolute atomic E-state index is 0.351. The zero-order chi connectivity index (χ0) is 15.6. The maximum atomic E-state index is 9.26. The van der Waals surface area contributed by atoms with Crippen molar-refractivity contribution in [1.29, 1.82) is 5.26 Å². The van der Waals surface area contributed by atoms with Crippen LogP contribution in [0.3, 0.4) is 0 Å². The second-order valence-corrected chi connectivity index (χ2v) is 6.28. The summed E-state index contributed by atoms with van der Waals surface area (Å²) in [5.41, 5.74) is 1.77. The van der Waals surface area contributed by atoms with Crippen molar-refractivity contribution in [3.63, 3.8) is 0 Å². The molecule has 5 heteroatoms. The maximum absolute atomic E-state index is 9.26. The average molecular weight is 305 g/mol. The summed E-state index contributed by atoms with van der Waals surface area (Å²) in [5, 5.41) is 12.8. The molecule has 2 heterocycles. The predicted molar refractivity (Wildman–Crippen MR) is 89.4 cm³/mol. The standard InChI is InChI=1S/C18H19N5/c19-11-14-3-1-2-4-16(14)23-10-8-15(12-23)21-17-7-9-20-18(22-17)13-5-6-13/h1-4,7,9,13,15H,5-6,8,10,12H2,(H,20,21,22). The van der Waals surface area contributed by atoms with Crippen molar-refractivity contribution in [2.75, 3.05) is 23.3 Å². The summed E-state index contributed by atoms with van der Waals surface area (Å²) in [4.78, 5) is 11.3. The summed E-state index contributed by atoms with van der Waals surface area (Å²) in [5.74, 6) is 2.46. The lowest BCUT2D eigenvalue weighted by Gasteiger charge is -2.20. The van der Waals surface area contributed by atoms with Gasteiger partial charge in [-0.15, -0.1) is 0 Å². The number of para-hydroxylation sites is 1. The molecule has 1 unspecified atom stereocenters. The van der Waals surface area contributed by atoms with E-state index in [1.165, 1.54) is 12.8 Å². The lowest BCUT2D eigenvalue weighted by atomic mass is 10.2. The molecule has 2 fully saturated rings. The molecular formula is C18H19N5. The normalized spacial score (nSPS) is 20.3. The third-order valence-corrected chi connectivity index (χ3v) is 4.52. The van der Waals surface area contributed by atoms with Crippen LogP contribution in [0.2, 0.25) is 0 Å². The molecule has 1 N–H and O–H groups in total. The zero-order valence-corrected chi connectivity index (χ0v) is 12.9. The van der Waals surface area contributed by atoms with E-state index in [1.54, 1.807) is 0 Å². The molecule has 2 aromatic rings. The fourth-order valence-electron chi connectivity index (χ4n) is 3.14. The first-order valence-corrected chi connectivity index (χ1v) is 8.17. The first-order chi connectivity index (χ1) is 11.3. The van der Waals surface area contributed by atoms with Gasteiger partial charge in [-0.05, 0) is 37.5 Å². The smallest absolute Gasteiger partial charge is 0.133 e. The zero-order valence-electron chi connectivity index (χ0n) is 12.9. The number of benzene rings is 1. The molecule has 1 aliphatic heterocycles. The van der Waals surface area contributed by atoms with Crippen LogP contribution in [0, 0.1) is 11.3 Å². The number of aromatic nitrogens is 2. The minimum Gasteiger partial charge on any atom is -0.368 e. The molecule has 0 bridgehead atoms. The molecule has 1 saturated heterocycles. The summed E-state index contributed by atoms with van der Waals surface area (Å²) >= 11 is 0. The molecule has 4 rings (SSSR count). The van der Waals surface area contributed by atoms with Crippen LogP contribution < -0.4 is 10.2 Å². The average Bonchev–Trinajstić information content (AvgIpc) is 3.35. The van der Waals surface area contributed by atoms with E-state index in [0.717, 1.165) is 42.4 Å². The number of rotatable bonds is 4. The van der Waals surface area contributed by atoms with E-state index in [4.69, 9.17) is 0 Å². The van der Waals surface area contributed by atoms with Crippen molar-refractivity contribution in [2.24, 2.45) is 0 Å². The highest BCUT2D eigenvalue weighted by molar-refractivity contribution is 5.60. The third kappa shape index (κ3) is 2.98. The van der Waals surface area contributed by atoms with E-state index in [9.17, 15) is 5.26 Å². The number of anilines is 2. The Bertz CT molecular complexity index is 747. The minimum atomic E-state index is 0.351. The van der Waals surface area contributed by atoms with Gasteiger partial charge in [0, 0.05) is 31.2 Å². The Hall–Kier alpha value is -2.61. The number of hydrogen-bond donors (Lipinski definition) is 1. The molecule has 0 radical (unpaired) electrons. The van der Waals surface area contributed by atoms with Crippen molar-refractivity contribution in [3.05, 3.63) is 47.9 Å². The summed E-state index contributed by atoms with van der Waals surface area (Å²) in [6, 6.07) is 12.4. The monoisotopic (exact) mass is 305 g/mol. The van der Waals surface area contributed by atoms with Gasteiger partial charge in [0.25, 0.3) is 0 Å². The van der Waals surface area contributed by atoms with Crippen LogP contribution in [-0.4, -0.2) is 29.1 Å². The Morgan fingerprint density at radius 2 is 2.04 bits per heavy atom. The summed E-state index contributed by atoms with van der Waals surface area (Å²) < 4.78 is 0.